The lowest BCUT2D eigenvalue weighted by molar-refractivity contribution is -0.136. The van der Waals surface area contributed by atoms with Crippen molar-refractivity contribution in [2.45, 2.75) is 13.0 Å². The zero-order valence-corrected chi connectivity index (χ0v) is 14.0. The smallest absolute Gasteiger partial charge is 0.319 e. The number of carbonyl (C=O) groups is 2. The first kappa shape index (κ1) is 17.0. The third-order valence-corrected chi connectivity index (χ3v) is 4.03. The van der Waals surface area contributed by atoms with Crippen molar-refractivity contribution < 1.29 is 14.3 Å². The number of benzene rings is 1. The molecule has 0 spiro atoms. The second-order valence-electron chi connectivity index (χ2n) is 5.84. The summed E-state index contributed by atoms with van der Waals surface area (Å²) in [5, 5.41) is 12.4. The fraction of sp³-hybridized carbons (Fsp3) is 0.353. The van der Waals surface area contributed by atoms with Crippen LogP contribution in [0, 0.1) is 0 Å². The lowest BCUT2D eigenvalue weighted by Crippen LogP contribution is -2.49. The van der Waals surface area contributed by atoms with E-state index in [0.717, 1.165) is 11.3 Å². The average Bonchev–Trinajstić information content (AvgIpc) is 3.15. The van der Waals surface area contributed by atoms with Crippen molar-refractivity contribution in [3.8, 4) is 11.3 Å². The van der Waals surface area contributed by atoms with Gasteiger partial charge in [0.25, 0.3) is 0 Å². The van der Waals surface area contributed by atoms with Crippen molar-refractivity contribution >= 4 is 17.6 Å². The molecule has 0 aliphatic carbocycles. The number of rotatable bonds is 4. The lowest BCUT2D eigenvalue weighted by Gasteiger charge is -2.32. The Labute approximate surface area is 145 Å². The standard InChI is InChI=1S/C17H21N5O3/c1-12(23)22-8-9-25-15(11-22)10-18-17(24)20-14-4-2-13(3-5-14)16-6-7-19-21-16/h2-7,15H,8-11H2,1H3,(H,19,21)(H2,18,20,24)/t15-/m0/s1. The van der Waals surface area contributed by atoms with Crippen LogP contribution in [0.5, 0.6) is 0 Å². The van der Waals surface area contributed by atoms with E-state index in [4.69, 9.17) is 4.74 Å². The Hall–Kier alpha value is -2.87. The van der Waals surface area contributed by atoms with Gasteiger partial charge in [-0.3, -0.25) is 9.89 Å². The van der Waals surface area contributed by atoms with Crippen LogP contribution in [-0.4, -0.2) is 59.4 Å². The van der Waals surface area contributed by atoms with Crippen LogP contribution in [0.1, 0.15) is 6.92 Å². The van der Waals surface area contributed by atoms with Gasteiger partial charge in [0, 0.05) is 38.4 Å². The zero-order valence-electron chi connectivity index (χ0n) is 14.0. The molecule has 8 heteroatoms. The first-order valence-electron chi connectivity index (χ1n) is 8.13. The van der Waals surface area contributed by atoms with E-state index >= 15 is 0 Å². The van der Waals surface area contributed by atoms with E-state index in [0.29, 0.717) is 31.9 Å². The summed E-state index contributed by atoms with van der Waals surface area (Å²) in [5.41, 5.74) is 2.60. The molecule has 3 rings (SSSR count). The molecular formula is C17H21N5O3. The molecule has 25 heavy (non-hydrogen) atoms. The molecule has 1 aliphatic rings. The molecule has 1 aliphatic heterocycles. The molecular weight excluding hydrogens is 322 g/mol. The monoisotopic (exact) mass is 343 g/mol. The van der Waals surface area contributed by atoms with Gasteiger partial charge >= 0.3 is 6.03 Å². The number of carbonyl (C=O) groups excluding carboxylic acids is 2. The number of H-pyrrole nitrogens is 1. The number of urea groups is 1. The number of hydrogen-bond acceptors (Lipinski definition) is 4. The maximum atomic E-state index is 12.0. The summed E-state index contributed by atoms with van der Waals surface area (Å²) in [6, 6.07) is 9.02. The maximum Gasteiger partial charge on any atom is 0.319 e. The Kier molecular flexibility index (Phi) is 5.30. The van der Waals surface area contributed by atoms with Crippen LogP contribution in [0.2, 0.25) is 0 Å². The van der Waals surface area contributed by atoms with Gasteiger partial charge in [-0.05, 0) is 23.8 Å². The van der Waals surface area contributed by atoms with Gasteiger partial charge in [-0.15, -0.1) is 0 Å². The van der Waals surface area contributed by atoms with Crippen LogP contribution >= 0.6 is 0 Å². The molecule has 8 nitrogen and oxygen atoms in total. The molecule has 2 aromatic rings. The third kappa shape index (κ3) is 4.57. The molecule has 1 atom stereocenters. The summed E-state index contributed by atoms with van der Waals surface area (Å²) >= 11 is 0. The Balaban J connectivity index is 1.47. The van der Waals surface area contributed by atoms with Crippen LogP contribution < -0.4 is 10.6 Å². The van der Waals surface area contributed by atoms with E-state index in [2.05, 4.69) is 20.8 Å². The van der Waals surface area contributed by atoms with Crippen molar-refractivity contribution in [3.63, 3.8) is 0 Å². The molecule has 1 fully saturated rings. The highest BCUT2D eigenvalue weighted by molar-refractivity contribution is 5.89. The Morgan fingerprint density at radius 1 is 1.32 bits per heavy atom. The molecule has 1 aromatic heterocycles. The third-order valence-electron chi connectivity index (χ3n) is 4.03. The molecule has 0 unspecified atom stereocenters. The topological polar surface area (TPSA) is 99.3 Å². The van der Waals surface area contributed by atoms with Crippen molar-refractivity contribution in [1.82, 2.24) is 20.4 Å². The van der Waals surface area contributed by atoms with Gasteiger partial charge in [-0.2, -0.15) is 5.10 Å². The van der Waals surface area contributed by atoms with Gasteiger partial charge in [0.2, 0.25) is 5.91 Å². The normalized spacial score (nSPS) is 17.2. The van der Waals surface area contributed by atoms with Gasteiger partial charge in [0.05, 0.1) is 18.4 Å². The second-order valence-corrected chi connectivity index (χ2v) is 5.84. The SMILES string of the molecule is CC(=O)N1CCO[C@@H](CNC(=O)Nc2ccc(-c3ccn[nH]3)cc2)C1. The van der Waals surface area contributed by atoms with E-state index < -0.39 is 0 Å². The van der Waals surface area contributed by atoms with Gasteiger partial charge < -0.3 is 20.3 Å². The van der Waals surface area contributed by atoms with Gasteiger partial charge in [-0.25, -0.2) is 4.79 Å². The number of ether oxygens (including phenoxy) is 1. The summed E-state index contributed by atoms with van der Waals surface area (Å²) in [6.45, 7) is 3.47. The summed E-state index contributed by atoms with van der Waals surface area (Å²) in [5.74, 6) is 0.0232. The fourth-order valence-corrected chi connectivity index (χ4v) is 2.66. The molecule has 3 amide bonds. The fourth-order valence-electron chi connectivity index (χ4n) is 2.66. The molecule has 3 N–H and O–H groups in total. The predicted molar refractivity (Wildman–Crippen MR) is 93.0 cm³/mol. The second kappa shape index (κ2) is 7.80. The lowest BCUT2D eigenvalue weighted by atomic mass is 10.1. The molecule has 0 bridgehead atoms. The Morgan fingerprint density at radius 2 is 2.12 bits per heavy atom. The van der Waals surface area contributed by atoms with E-state index in [-0.39, 0.29) is 18.0 Å². The molecule has 1 saturated heterocycles. The highest BCUT2D eigenvalue weighted by atomic mass is 16.5. The first-order valence-corrected chi connectivity index (χ1v) is 8.13. The van der Waals surface area contributed by atoms with Gasteiger partial charge in [0.1, 0.15) is 0 Å². The summed E-state index contributed by atoms with van der Waals surface area (Å²) in [7, 11) is 0. The van der Waals surface area contributed by atoms with Gasteiger partial charge in [0.15, 0.2) is 0 Å². The summed E-state index contributed by atoms with van der Waals surface area (Å²) in [6.07, 6.45) is 1.50. The van der Waals surface area contributed by atoms with Crippen LogP contribution in [0.15, 0.2) is 36.5 Å². The molecule has 2 heterocycles. The Bertz CT molecular complexity index is 714. The number of aromatic nitrogens is 2. The van der Waals surface area contributed by atoms with Crippen LogP contribution in [0.3, 0.4) is 0 Å². The number of nitrogens with zero attached hydrogens (tertiary/aromatic N) is 2. The number of morpholine rings is 1. The number of nitrogens with one attached hydrogen (secondary N) is 3. The van der Waals surface area contributed by atoms with Crippen molar-refractivity contribution in [1.29, 1.82) is 0 Å². The minimum Gasteiger partial charge on any atom is -0.373 e. The van der Waals surface area contributed by atoms with Crippen LogP contribution in [-0.2, 0) is 9.53 Å². The number of anilines is 1. The van der Waals surface area contributed by atoms with E-state index in [1.807, 2.05) is 30.3 Å². The van der Waals surface area contributed by atoms with Crippen LogP contribution in [0.25, 0.3) is 11.3 Å². The van der Waals surface area contributed by atoms with Crippen molar-refractivity contribution in [3.05, 3.63) is 36.5 Å². The zero-order chi connectivity index (χ0) is 17.6. The molecule has 0 radical (unpaired) electrons. The first-order chi connectivity index (χ1) is 12.1. The molecule has 0 saturated carbocycles. The molecule has 1 aromatic carbocycles. The summed E-state index contributed by atoms with van der Waals surface area (Å²) in [4.78, 5) is 25.1. The van der Waals surface area contributed by atoms with Gasteiger partial charge in [-0.1, -0.05) is 12.1 Å². The quantitative estimate of drug-likeness (QED) is 0.782. The summed E-state index contributed by atoms with van der Waals surface area (Å²) < 4.78 is 5.57. The number of hydrogen-bond donors (Lipinski definition) is 3. The highest BCUT2D eigenvalue weighted by Gasteiger charge is 2.22. The number of amides is 3. The van der Waals surface area contributed by atoms with E-state index in [1.165, 1.54) is 6.92 Å². The maximum absolute atomic E-state index is 12.0. The average molecular weight is 343 g/mol. The van der Waals surface area contributed by atoms with Crippen molar-refractivity contribution in [2.75, 3.05) is 31.6 Å². The number of aromatic amines is 1. The van der Waals surface area contributed by atoms with Crippen LogP contribution in [0.4, 0.5) is 10.5 Å². The van der Waals surface area contributed by atoms with E-state index in [9.17, 15) is 9.59 Å². The van der Waals surface area contributed by atoms with Crippen molar-refractivity contribution in [2.24, 2.45) is 0 Å². The predicted octanol–water partition coefficient (Wildman–Crippen LogP) is 1.45. The Morgan fingerprint density at radius 3 is 2.80 bits per heavy atom. The minimum absolute atomic E-state index is 0.0232. The molecule has 132 valence electrons. The highest BCUT2D eigenvalue weighted by Crippen LogP contribution is 2.18. The minimum atomic E-state index is -0.308. The largest absolute Gasteiger partial charge is 0.373 e. The van der Waals surface area contributed by atoms with E-state index in [1.54, 1.807) is 11.1 Å².